The first-order chi connectivity index (χ1) is 6.90. The number of hydrogen-bond donors (Lipinski definition) is 1. The molecule has 0 saturated heterocycles. The Bertz CT molecular complexity index is 272. The molecule has 1 rings (SSSR count). The second kappa shape index (κ2) is 4.57. The molecule has 1 N–H and O–H groups in total. The van der Waals surface area contributed by atoms with E-state index in [0.29, 0.717) is 5.92 Å². The van der Waals surface area contributed by atoms with Gasteiger partial charge in [0.15, 0.2) is 0 Å². The molecule has 1 aliphatic rings. The van der Waals surface area contributed by atoms with Crippen molar-refractivity contribution in [2.45, 2.75) is 51.7 Å². The first-order valence-electron chi connectivity index (χ1n) is 5.36. The molecule has 0 aromatic carbocycles. The van der Waals surface area contributed by atoms with Gasteiger partial charge in [-0.1, -0.05) is 0 Å². The zero-order valence-corrected chi connectivity index (χ0v) is 9.67. The number of ether oxygens (including phenoxy) is 1. The summed E-state index contributed by atoms with van der Waals surface area (Å²) in [5, 5.41) is 2.84. The van der Waals surface area contributed by atoms with Gasteiger partial charge in [-0.15, -0.1) is 12.3 Å². The minimum atomic E-state index is -0.436. The Labute approximate surface area is 91.6 Å². The van der Waals surface area contributed by atoms with Crippen LogP contribution in [-0.2, 0) is 4.74 Å². The van der Waals surface area contributed by atoms with Gasteiger partial charge >= 0.3 is 6.09 Å². The van der Waals surface area contributed by atoms with Crippen LogP contribution in [0.5, 0.6) is 0 Å². The fourth-order valence-corrected chi connectivity index (χ4v) is 1.74. The van der Waals surface area contributed by atoms with Crippen molar-refractivity contribution in [1.29, 1.82) is 0 Å². The van der Waals surface area contributed by atoms with E-state index in [1.165, 1.54) is 0 Å². The molecule has 1 fully saturated rings. The molecule has 1 aliphatic carbocycles. The smallest absolute Gasteiger partial charge is 0.407 e. The molecule has 1 amide bonds. The molecule has 3 heteroatoms. The van der Waals surface area contributed by atoms with E-state index in [9.17, 15) is 4.79 Å². The van der Waals surface area contributed by atoms with Crippen molar-refractivity contribution >= 4 is 6.09 Å². The Hall–Kier alpha value is -1.17. The van der Waals surface area contributed by atoms with E-state index in [-0.39, 0.29) is 12.1 Å². The third-order valence-electron chi connectivity index (χ3n) is 2.39. The van der Waals surface area contributed by atoms with Crippen LogP contribution in [-0.4, -0.2) is 17.7 Å². The minimum absolute atomic E-state index is 0.181. The van der Waals surface area contributed by atoms with Crippen molar-refractivity contribution in [1.82, 2.24) is 5.32 Å². The molecule has 0 aliphatic heterocycles. The fourth-order valence-electron chi connectivity index (χ4n) is 1.74. The summed E-state index contributed by atoms with van der Waals surface area (Å²) in [4.78, 5) is 11.4. The van der Waals surface area contributed by atoms with Gasteiger partial charge in [-0.3, -0.25) is 0 Å². The minimum Gasteiger partial charge on any atom is -0.444 e. The molecule has 2 atom stereocenters. The van der Waals surface area contributed by atoms with Gasteiger partial charge in [0.2, 0.25) is 0 Å². The summed E-state index contributed by atoms with van der Waals surface area (Å²) in [7, 11) is 0. The first-order valence-corrected chi connectivity index (χ1v) is 5.36. The molecule has 0 radical (unpaired) electrons. The molecule has 0 heterocycles. The highest BCUT2D eigenvalue weighted by molar-refractivity contribution is 5.68. The summed E-state index contributed by atoms with van der Waals surface area (Å²) in [6, 6.07) is 0.181. The van der Waals surface area contributed by atoms with Crippen LogP contribution < -0.4 is 5.32 Å². The summed E-state index contributed by atoms with van der Waals surface area (Å²) in [5.74, 6) is 3.03. The summed E-state index contributed by atoms with van der Waals surface area (Å²) in [6.07, 6.45) is 7.81. The summed E-state index contributed by atoms with van der Waals surface area (Å²) in [5.41, 5.74) is -0.436. The molecule has 84 valence electrons. The average Bonchev–Trinajstić information content (AvgIpc) is 2.48. The lowest BCUT2D eigenvalue weighted by Gasteiger charge is -2.21. The van der Waals surface area contributed by atoms with Crippen LogP contribution in [0.4, 0.5) is 4.79 Å². The van der Waals surface area contributed by atoms with Crippen LogP contribution in [0, 0.1) is 18.3 Å². The van der Waals surface area contributed by atoms with E-state index >= 15 is 0 Å². The molecule has 3 nitrogen and oxygen atoms in total. The van der Waals surface area contributed by atoms with Crippen molar-refractivity contribution in [3.63, 3.8) is 0 Å². The number of carbonyl (C=O) groups excluding carboxylic acids is 1. The van der Waals surface area contributed by atoms with Gasteiger partial charge in [0.25, 0.3) is 0 Å². The number of hydrogen-bond acceptors (Lipinski definition) is 2. The average molecular weight is 209 g/mol. The van der Waals surface area contributed by atoms with Crippen molar-refractivity contribution in [3.8, 4) is 12.3 Å². The second-order valence-corrected chi connectivity index (χ2v) is 5.02. The van der Waals surface area contributed by atoms with Crippen LogP contribution in [0.1, 0.15) is 40.0 Å². The van der Waals surface area contributed by atoms with E-state index in [1.807, 2.05) is 20.8 Å². The maximum atomic E-state index is 11.4. The van der Waals surface area contributed by atoms with Gasteiger partial charge in [-0.25, -0.2) is 4.79 Å². The highest BCUT2D eigenvalue weighted by Gasteiger charge is 2.26. The standard InChI is InChI=1S/C12H19NO2/c1-5-9-6-7-10(8-9)13-11(14)15-12(2,3)4/h1,9-10H,6-8H2,2-4H3,(H,13,14)/t9-,10-/m1/s1. The van der Waals surface area contributed by atoms with Crippen LogP contribution in [0.3, 0.4) is 0 Å². The van der Waals surface area contributed by atoms with E-state index in [1.54, 1.807) is 0 Å². The summed E-state index contributed by atoms with van der Waals surface area (Å²) >= 11 is 0. The number of amides is 1. The van der Waals surface area contributed by atoms with Crippen LogP contribution >= 0.6 is 0 Å². The SMILES string of the molecule is C#C[C@@H]1CC[C@@H](NC(=O)OC(C)(C)C)C1. The molecule has 0 aromatic heterocycles. The molecular formula is C12H19NO2. The zero-order valence-electron chi connectivity index (χ0n) is 9.67. The van der Waals surface area contributed by atoms with Crippen molar-refractivity contribution < 1.29 is 9.53 Å². The van der Waals surface area contributed by atoms with Gasteiger partial charge < -0.3 is 10.1 Å². The highest BCUT2D eigenvalue weighted by Crippen LogP contribution is 2.24. The predicted molar refractivity (Wildman–Crippen MR) is 59.3 cm³/mol. The maximum absolute atomic E-state index is 11.4. The van der Waals surface area contributed by atoms with E-state index in [2.05, 4.69) is 11.2 Å². The zero-order chi connectivity index (χ0) is 11.5. The van der Waals surface area contributed by atoms with Gasteiger partial charge in [0, 0.05) is 12.0 Å². The van der Waals surface area contributed by atoms with Gasteiger partial charge in [0.1, 0.15) is 5.60 Å². The van der Waals surface area contributed by atoms with E-state index < -0.39 is 5.60 Å². The van der Waals surface area contributed by atoms with E-state index in [4.69, 9.17) is 11.2 Å². The maximum Gasteiger partial charge on any atom is 0.407 e. The molecule has 1 saturated carbocycles. The lowest BCUT2D eigenvalue weighted by atomic mass is 10.1. The van der Waals surface area contributed by atoms with Crippen molar-refractivity contribution in [2.24, 2.45) is 5.92 Å². The lowest BCUT2D eigenvalue weighted by Crippen LogP contribution is -2.37. The van der Waals surface area contributed by atoms with Crippen LogP contribution in [0.2, 0.25) is 0 Å². The topological polar surface area (TPSA) is 38.3 Å². The van der Waals surface area contributed by atoms with Gasteiger partial charge in [-0.05, 0) is 40.0 Å². The molecule has 0 unspecified atom stereocenters. The number of nitrogens with one attached hydrogen (secondary N) is 1. The Morgan fingerprint density at radius 2 is 2.13 bits per heavy atom. The molecular weight excluding hydrogens is 190 g/mol. The van der Waals surface area contributed by atoms with Gasteiger partial charge in [-0.2, -0.15) is 0 Å². The fraction of sp³-hybridized carbons (Fsp3) is 0.750. The van der Waals surface area contributed by atoms with Gasteiger partial charge in [0.05, 0.1) is 0 Å². The highest BCUT2D eigenvalue weighted by atomic mass is 16.6. The quantitative estimate of drug-likeness (QED) is 0.673. The monoisotopic (exact) mass is 209 g/mol. The third-order valence-corrected chi connectivity index (χ3v) is 2.39. The second-order valence-electron chi connectivity index (χ2n) is 5.02. The first kappa shape index (κ1) is 11.9. The number of terminal acetylenes is 1. The Balaban J connectivity index is 2.32. The molecule has 0 spiro atoms. The lowest BCUT2D eigenvalue weighted by molar-refractivity contribution is 0.0505. The Morgan fingerprint density at radius 1 is 1.47 bits per heavy atom. The van der Waals surface area contributed by atoms with Crippen molar-refractivity contribution in [2.75, 3.05) is 0 Å². The number of alkyl carbamates (subject to hydrolysis) is 1. The van der Waals surface area contributed by atoms with Crippen LogP contribution in [0.25, 0.3) is 0 Å². The predicted octanol–water partition coefficient (Wildman–Crippen LogP) is 2.31. The molecule has 15 heavy (non-hydrogen) atoms. The van der Waals surface area contributed by atoms with Crippen molar-refractivity contribution in [3.05, 3.63) is 0 Å². The largest absolute Gasteiger partial charge is 0.444 e. The summed E-state index contributed by atoms with van der Waals surface area (Å²) < 4.78 is 5.17. The van der Waals surface area contributed by atoms with Crippen LogP contribution in [0.15, 0.2) is 0 Å². The Kier molecular flexibility index (Phi) is 3.62. The normalized spacial score (nSPS) is 25.7. The van der Waals surface area contributed by atoms with E-state index in [0.717, 1.165) is 19.3 Å². The molecule has 0 bridgehead atoms. The molecule has 0 aromatic rings. The number of carbonyl (C=O) groups is 1. The third kappa shape index (κ3) is 4.24. The Morgan fingerprint density at radius 3 is 2.60 bits per heavy atom. The summed E-state index contributed by atoms with van der Waals surface area (Å²) in [6.45, 7) is 5.56. The number of rotatable bonds is 1.